The summed E-state index contributed by atoms with van der Waals surface area (Å²) < 4.78 is 0. The van der Waals surface area contributed by atoms with E-state index in [2.05, 4.69) is 6.92 Å². The Labute approximate surface area is 160 Å². The first-order valence-electron chi connectivity index (χ1n) is 11.0. The zero-order valence-corrected chi connectivity index (χ0v) is 17.0. The lowest BCUT2D eigenvalue weighted by atomic mass is 9.95. The van der Waals surface area contributed by atoms with Gasteiger partial charge in [-0.05, 0) is 18.8 Å². The average molecular weight is 371 g/mol. The Balaban J connectivity index is 3.18. The molecule has 0 saturated heterocycles. The molecule has 4 heteroatoms. The fourth-order valence-electron chi connectivity index (χ4n) is 3.45. The average Bonchev–Trinajstić information content (AvgIpc) is 2.58. The van der Waals surface area contributed by atoms with Crippen LogP contribution in [0.5, 0.6) is 0 Å². The molecule has 1 unspecified atom stereocenters. The van der Waals surface area contributed by atoms with E-state index in [0.29, 0.717) is 12.8 Å². The lowest BCUT2D eigenvalue weighted by Crippen LogP contribution is -1.96. The maximum atomic E-state index is 10.4. The molecule has 0 rings (SSSR count). The lowest BCUT2D eigenvalue weighted by molar-refractivity contribution is -0.138. The van der Waals surface area contributed by atoms with E-state index in [1.54, 1.807) is 0 Å². The number of carbonyl (C=O) groups is 2. The van der Waals surface area contributed by atoms with Crippen molar-refractivity contribution in [2.45, 2.75) is 122 Å². The van der Waals surface area contributed by atoms with E-state index < -0.39 is 11.9 Å². The highest BCUT2D eigenvalue weighted by Gasteiger charge is 2.03. The first kappa shape index (κ1) is 24.9. The fraction of sp³-hybridized carbons (Fsp3) is 0.909. The molecular weight excluding hydrogens is 328 g/mol. The van der Waals surface area contributed by atoms with E-state index in [0.717, 1.165) is 31.6 Å². The third-order valence-corrected chi connectivity index (χ3v) is 5.18. The maximum Gasteiger partial charge on any atom is 0.303 e. The topological polar surface area (TPSA) is 74.6 Å². The summed E-state index contributed by atoms with van der Waals surface area (Å²) in [6.45, 7) is 2.37. The van der Waals surface area contributed by atoms with Crippen molar-refractivity contribution in [3.05, 3.63) is 0 Å². The van der Waals surface area contributed by atoms with Crippen LogP contribution >= 0.6 is 0 Å². The molecule has 0 bridgehead atoms. The Morgan fingerprint density at radius 3 is 1.12 bits per heavy atom. The minimum absolute atomic E-state index is 0.321. The Hall–Kier alpha value is -1.06. The molecule has 4 nitrogen and oxygen atoms in total. The monoisotopic (exact) mass is 370 g/mol. The van der Waals surface area contributed by atoms with Gasteiger partial charge >= 0.3 is 11.9 Å². The van der Waals surface area contributed by atoms with Crippen LogP contribution in [0.1, 0.15) is 122 Å². The van der Waals surface area contributed by atoms with Gasteiger partial charge in [0.15, 0.2) is 0 Å². The zero-order chi connectivity index (χ0) is 19.5. The van der Waals surface area contributed by atoms with Crippen molar-refractivity contribution in [2.24, 2.45) is 5.92 Å². The van der Waals surface area contributed by atoms with Crippen LogP contribution in [0.4, 0.5) is 0 Å². The highest BCUT2D eigenvalue weighted by Crippen LogP contribution is 2.19. The molecule has 1 atom stereocenters. The highest BCUT2D eigenvalue weighted by atomic mass is 16.4. The fourth-order valence-corrected chi connectivity index (χ4v) is 3.45. The van der Waals surface area contributed by atoms with Crippen LogP contribution in [0.25, 0.3) is 0 Å². The summed E-state index contributed by atoms with van der Waals surface area (Å²) in [4.78, 5) is 20.8. The van der Waals surface area contributed by atoms with Gasteiger partial charge in [0.1, 0.15) is 0 Å². The van der Waals surface area contributed by atoms with Crippen molar-refractivity contribution in [1.82, 2.24) is 0 Å². The predicted molar refractivity (Wildman–Crippen MR) is 108 cm³/mol. The summed E-state index contributed by atoms with van der Waals surface area (Å²) in [5.41, 5.74) is 0. The molecule has 154 valence electrons. The largest absolute Gasteiger partial charge is 0.481 e. The van der Waals surface area contributed by atoms with Gasteiger partial charge in [-0.2, -0.15) is 0 Å². The van der Waals surface area contributed by atoms with Gasteiger partial charge in [-0.25, -0.2) is 0 Å². The molecule has 0 heterocycles. The van der Waals surface area contributed by atoms with Crippen LogP contribution < -0.4 is 0 Å². The van der Waals surface area contributed by atoms with Gasteiger partial charge < -0.3 is 10.2 Å². The first-order valence-corrected chi connectivity index (χ1v) is 11.0. The summed E-state index contributed by atoms with van der Waals surface area (Å²) in [7, 11) is 0. The summed E-state index contributed by atoms with van der Waals surface area (Å²) in [5.74, 6) is -0.512. The number of carboxylic acids is 2. The molecule has 0 aliphatic carbocycles. The van der Waals surface area contributed by atoms with Crippen molar-refractivity contribution >= 4 is 11.9 Å². The molecule has 0 radical (unpaired) electrons. The summed E-state index contributed by atoms with van der Waals surface area (Å²) in [5, 5.41) is 17.1. The maximum absolute atomic E-state index is 10.4. The molecular formula is C22H42O4. The zero-order valence-electron chi connectivity index (χ0n) is 17.0. The smallest absolute Gasteiger partial charge is 0.303 e. The molecule has 0 fully saturated rings. The molecule has 0 amide bonds. The Kier molecular flexibility index (Phi) is 18.0. The van der Waals surface area contributed by atoms with Crippen LogP contribution in [0.15, 0.2) is 0 Å². The SMILES string of the molecule is CC(CCCCCCCCCCC(=O)O)CCCCCCCCC(=O)O. The summed E-state index contributed by atoms with van der Waals surface area (Å²) in [6, 6.07) is 0. The lowest BCUT2D eigenvalue weighted by Gasteiger charge is -2.11. The van der Waals surface area contributed by atoms with Crippen molar-refractivity contribution < 1.29 is 19.8 Å². The number of rotatable bonds is 20. The number of unbranched alkanes of at least 4 members (excludes halogenated alkanes) is 12. The standard InChI is InChI=1S/C22H42O4/c1-20(17-13-9-6-7-11-15-19-22(25)26)16-12-8-4-2-3-5-10-14-18-21(23)24/h20H,2-19H2,1H3,(H,23,24)(H,25,26). The van der Waals surface area contributed by atoms with Crippen LogP contribution in [-0.2, 0) is 9.59 Å². The van der Waals surface area contributed by atoms with Crippen molar-refractivity contribution in [3.8, 4) is 0 Å². The number of aliphatic carboxylic acids is 2. The van der Waals surface area contributed by atoms with Crippen LogP contribution in [0.2, 0.25) is 0 Å². The van der Waals surface area contributed by atoms with Crippen LogP contribution in [0.3, 0.4) is 0 Å². The number of hydrogen-bond donors (Lipinski definition) is 2. The van der Waals surface area contributed by atoms with Crippen LogP contribution in [-0.4, -0.2) is 22.2 Å². The molecule has 0 aromatic carbocycles. The molecule has 0 saturated carbocycles. The molecule has 0 aromatic rings. The molecule has 0 aromatic heterocycles. The summed E-state index contributed by atoms with van der Waals surface area (Å²) in [6.07, 6.45) is 19.9. The van der Waals surface area contributed by atoms with Crippen molar-refractivity contribution in [3.63, 3.8) is 0 Å². The number of hydrogen-bond acceptors (Lipinski definition) is 2. The molecule has 0 spiro atoms. The normalized spacial score (nSPS) is 12.2. The molecule has 0 aliphatic heterocycles. The van der Waals surface area contributed by atoms with E-state index in [4.69, 9.17) is 10.2 Å². The van der Waals surface area contributed by atoms with Gasteiger partial charge in [0, 0.05) is 12.8 Å². The van der Waals surface area contributed by atoms with Gasteiger partial charge in [0.2, 0.25) is 0 Å². The van der Waals surface area contributed by atoms with E-state index in [9.17, 15) is 9.59 Å². The van der Waals surface area contributed by atoms with Gasteiger partial charge in [-0.3, -0.25) is 9.59 Å². The van der Waals surface area contributed by atoms with Crippen molar-refractivity contribution in [1.29, 1.82) is 0 Å². The summed E-state index contributed by atoms with van der Waals surface area (Å²) >= 11 is 0. The Morgan fingerprint density at radius 1 is 0.538 bits per heavy atom. The van der Waals surface area contributed by atoms with Gasteiger partial charge in [0.25, 0.3) is 0 Å². The second-order valence-corrected chi connectivity index (χ2v) is 7.92. The predicted octanol–water partition coefficient (Wildman–Crippen LogP) is 6.81. The van der Waals surface area contributed by atoms with E-state index in [1.165, 1.54) is 77.0 Å². The first-order chi connectivity index (χ1) is 12.5. The molecule has 2 N–H and O–H groups in total. The minimum Gasteiger partial charge on any atom is -0.481 e. The third-order valence-electron chi connectivity index (χ3n) is 5.18. The number of carboxylic acid groups (broad SMARTS) is 2. The molecule has 26 heavy (non-hydrogen) atoms. The van der Waals surface area contributed by atoms with Gasteiger partial charge in [0.05, 0.1) is 0 Å². The second-order valence-electron chi connectivity index (χ2n) is 7.92. The third kappa shape index (κ3) is 21.0. The van der Waals surface area contributed by atoms with E-state index >= 15 is 0 Å². The Bertz CT molecular complexity index is 341. The van der Waals surface area contributed by atoms with Gasteiger partial charge in [-0.1, -0.05) is 96.8 Å². The van der Waals surface area contributed by atoms with Crippen LogP contribution in [0, 0.1) is 5.92 Å². The second kappa shape index (κ2) is 18.7. The van der Waals surface area contributed by atoms with Gasteiger partial charge in [-0.15, -0.1) is 0 Å². The van der Waals surface area contributed by atoms with Crippen molar-refractivity contribution in [2.75, 3.05) is 0 Å². The van der Waals surface area contributed by atoms with E-state index in [-0.39, 0.29) is 0 Å². The Morgan fingerprint density at radius 2 is 0.808 bits per heavy atom. The minimum atomic E-state index is -0.672. The van der Waals surface area contributed by atoms with E-state index in [1.807, 2.05) is 0 Å². The molecule has 0 aliphatic rings. The highest BCUT2D eigenvalue weighted by molar-refractivity contribution is 5.66. The quantitative estimate of drug-likeness (QED) is 0.231.